The molecule has 0 radical (unpaired) electrons. The SMILES string of the molecule is COc1cc(C)c2[nH]ccc2c1CN1CCC2(CC1c1ccc(C(N)=O)nc1)CC(F)(F)C2. The second-order valence-electron chi connectivity index (χ2n) is 9.63. The molecule has 33 heavy (non-hydrogen) atoms. The predicted molar refractivity (Wildman–Crippen MR) is 121 cm³/mol. The van der Waals surface area contributed by atoms with Crippen LogP contribution in [0.1, 0.15) is 58.9 Å². The second kappa shape index (κ2) is 7.80. The Hall–Kier alpha value is -3.00. The Morgan fingerprint density at radius 3 is 2.76 bits per heavy atom. The number of amides is 1. The fourth-order valence-electron chi connectivity index (χ4n) is 5.79. The number of nitrogens with two attached hydrogens (primary N) is 1. The lowest BCUT2D eigenvalue weighted by molar-refractivity contribution is -0.186. The van der Waals surface area contributed by atoms with Crippen LogP contribution in [0.5, 0.6) is 5.75 Å². The van der Waals surface area contributed by atoms with Crippen molar-refractivity contribution in [3.05, 3.63) is 59.0 Å². The smallest absolute Gasteiger partial charge is 0.267 e. The number of halogens is 2. The number of alkyl halides is 2. The third-order valence-electron chi connectivity index (χ3n) is 7.38. The van der Waals surface area contributed by atoms with Crippen LogP contribution in [0.25, 0.3) is 10.9 Å². The molecule has 3 N–H and O–H groups in total. The first-order chi connectivity index (χ1) is 15.7. The van der Waals surface area contributed by atoms with Crippen molar-refractivity contribution in [1.82, 2.24) is 14.9 Å². The van der Waals surface area contributed by atoms with Crippen molar-refractivity contribution >= 4 is 16.8 Å². The van der Waals surface area contributed by atoms with E-state index < -0.39 is 11.8 Å². The lowest BCUT2D eigenvalue weighted by Crippen LogP contribution is -2.53. The zero-order valence-corrected chi connectivity index (χ0v) is 18.8. The van der Waals surface area contributed by atoms with Crippen LogP contribution in [0.3, 0.4) is 0 Å². The van der Waals surface area contributed by atoms with Crippen molar-refractivity contribution in [2.24, 2.45) is 11.1 Å². The van der Waals surface area contributed by atoms with Crippen molar-refractivity contribution < 1.29 is 18.3 Å². The van der Waals surface area contributed by atoms with Crippen LogP contribution < -0.4 is 10.5 Å². The molecule has 2 aromatic heterocycles. The molecule has 2 fully saturated rings. The van der Waals surface area contributed by atoms with E-state index in [0.29, 0.717) is 19.5 Å². The number of ether oxygens (including phenoxy) is 1. The number of primary amides is 1. The molecular formula is C25H28F2N4O2. The van der Waals surface area contributed by atoms with Gasteiger partial charge in [0, 0.05) is 54.3 Å². The van der Waals surface area contributed by atoms with Crippen molar-refractivity contribution in [2.45, 2.75) is 51.1 Å². The van der Waals surface area contributed by atoms with Gasteiger partial charge in [0.25, 0.3) is 5.91 Å². The molecule has 1 aliphatic carbocycles. The number of pyridine rings is 1. The van der Waals surface area contributed by atoms with Crippen molar-refractivity contribution in [1.29, 1.82) is 0 Å². The molecule has 5 rings (SSSR count). The zero-order chi connectivity index (χ0) is 23.4. The number of H-pyrrole nitrogens is 1. The number of methoxy groups -OCH3 is 1. The number of fused-ring (bicyclic) bond motifs is 1. The molecule has 1 aromatic carbocycles. The van der Waals surface area contributed by atoms with E-state index in [1.54, 1.807) is 19.4 Å². The Kier molecular flexibility index (Phi) is 5.16. The zero-order valence-electron chi connectivity index (χ0n) is 18.8. The molecule has 1 atom stereocenters. The van der Waals surface area contributed by atoms with Crippen LogP contribution in [0.2, 0.25) is 0 Å². The number of carbonyl (C=O) groups is 1. The van der Waals surface area contributed by atoms with Gasteiger partial charge in [0.05, 0.1) is 7.11 Å². The number of carbonyl (C=O) groups excluding carboxylic acids is 1. The Labute approximate surface area is 191 Å². The Balaban J connectivity index is 1.50. The summed E-state index contributed by atoms with van der Waals surface area (Å²) in [6, 6.07) is 7.45. The Morgan fingerprint density at radius 1 is 1.33 bits per heavy atom. The van der Waals surface area contributed by atoms with Gasteiger partial charge in [-0.15, -0.1) is 0 Å². The Bertz CT molecular complexity index is 1200. The van der Waals surface area contributed by atoms with Gasteiger partial charge in [-0.1, -0.05) is 6.07 Å². The van der Waals surface area contributed by atoms with Crippen LogP contribution in [0.4, 0.5) is 8.78 Å². The number of nitrogens with one attached hydrogen (secondary N) is 1. The van der Waals surface area contributed by atoms with E-state index >= 15 is 0 Å². The largest absolute Gasteiger partial charge is 0.496 e. The van der Waals surface area contributed by atoms with Crippen LogP contribution in [-0.2, 0) is 6.54 Å². The molecule has 1 spiro atoms. The number of hydrogen-bond donors (Lipinski definition) is 2. The molecular weight excluding hydrogens is 426 g/mol. The van der Waals surface area contributed by atoms with Crippen LogP contribution in [0.15, 0.2) is 36.7 Å². The van der Waals surface area contributed by atoms with E-state index in [1.807, 2.05) is 25.3 Å². The highest BCUT2D eigenvalue weighted by Crippen LogP contribution is 2.60. The molecule has 6 nitrogen and oxygen atoms in total. The number of aromatic amines is 1. The van der Waals surface area contributed by atoms with Gasteiger partial charge in [-0.25, -0.2) is 8.78 Å². The van der Waals surface area contributed by atoms with Crippen LogP contribution in [0, 0.1) is 12.3 Å². The third-order valence-corrected chi connectivity index (χ3v) is 7.38. The van der Waals surface area contributed by atoms with E-state index in [1.165, 1.54) is 0 Å². The van der Waals surface area contributed by atoms with Gasteiger partial charge in [-0.2, -0.15) is 0 Å². The second-order valence-corrected chi connectivity index (χ2v) is 9.63. The molecule has 8 heteroatoms. The minimum atomic E-state index is -2.57. The summed E-state index contributed by atoms with van der Waals surface area (Å²) in [7, 11) is 1.67. The number of nitrogens with zero attached hydrogens (tertiary/aromatic N) is 2. The van der Waals surface area contributed by atoms with Gasteiger partial charge in [0.2, 0.25) is 5.92 Å². The van der Waals surface area contributed by atoms with E-state index in [9.17, 15) is 13.6 Å². The number of rotatable bonds is 5. The maximum atomic E-state index is 13.9. The summed E-state index contributed by atoms with van der Waals surface area (Å²) in [4.78, 5) is 21.3. The van der Waals surface area contributed by atoms with Gasteiger partial charge in [-0.05, 0) is 61.1 Å². The van der Waals surface area contributed by atoms with E-state index in [-0.39, 0.29) is 30.0 Å². The summed E-state index contributed by atoms with van der Waals surface area (Å²) in [5.41, 5.74) is 9.35. The average Bonchev–Trinajstić information content (AvgIpc) is 3.26. The number of likely N-dealkylation sites (tertiary alicyclic amines) is 1. The number of piperidine rings is 1. The highest BCUT2D eigenvalue weighted by atomic mass is 19.3. The lowest BCUT2D eigenvalue weighted by Gasteiger charge is -2.54. The number of benzene rings is 1. The predicted octanol–water partition coefficient (Wildman–Crippen LogP) is 4.73. The van der Waals surface area contributed by atoms with Gasteiger partial charge >= 0.3 is 0 Å². The topological polar surface area (TPSA) is 84.2 Å². The first kappa shape index (κ1) is 21.8. The summed E-state index contributed by atoms with van der Waals surface area (Å²) in [5, 5.41) is 1.10. The fraction of sp³-hybridized carbons (Fsp3) is 0.440. The first-order valence-corrected chi connectivity index (χ1v) is 11.2. The number of hydrogen-bond acceptors (Lipinski definition) is 4. The molecule has 1 saturated carbocycles. The molecule has 174 valence electrons. The number of aromatic nitrogens is 2. The van der Waals surface area contributed by atoms with Crippen molar-refractivity contribution in [3.63, 3.8) is 0 Å². The minimum Gasteiger partial charge on any atom is -0.496 e. The van der Waals surface area contributed by atoms with E-state index in [0.717, 1.165) is 39.8 Å². The fourth-order valence-corrected chi connectivity index (χ4v) is 5.79. The molecule has 0 bridgehead atoms. The summed E-state index contributed by atoms with van der Waals surface area (Å²) < 4.78 is 33.4. The molecule has 1 aliphatic heterocycles. The minimum absolute atomic E-state index is 0.0625. The summed E-state index contributed by atoms with van der Waals surface area (Å²) in [6.07, 6.45) is 4.82. The van der Waals surface area contributed by atoms with Gasteiger partial charge in [0.15, 0.2) is 0 Å². The third kappa shape index (κ3) is 3.86. The van der Waals surface area contributed by atoms with E-state index in [4.69, 9.17) is 10.5 Å². The lowest BCUT2D eigenvalue weighted by atomic mass is 9.59. The van der Waals surface area contributed by atoms with Crippen molar-refractivity contribution in [3.8, 4) is 5.75 Å². The maximum Gasteiger partial charge on any atom is 0.267 e. The summed E-state index contributed by atoms with van der Waals surface area (Å²) >= 11 is 0. The standard InChI is InChI=1S/C25H28F2N4O2/c1-15-9-21(33-2)18(17-5-7-29-22(15)17)12-31-8-6-24(13-25(26,27)14-24)10-20(31)16-3-4-19(23(28)32)30-11-16/h3-5,7,9,11,20,29H,6,8,10,12-14H2,1-2H3,(H2,28,32). The molecule has 2 aliphatic rings. The molecule has 1 amide bonds. The van der Waals surface area contributed by atoms with Gasteiger partial charge in [-0.3, -0.25) is 14.7 Å². The van der Waals surface area contributed by atoms with Gasteiger partial charge < -0.3 is 15.5 Å². The highest BCUT2D eigenvalue weighted by molar-refractivity contribution is 5.90. The quantitative estimate of drug-likeness (QED) is 0.584. The van der Waals surface area contributed by atoms with Gasteiger partial charge in [0.1, 0.15) is 11.4 Å². The maximum absolute atomic E-state index is 13.9. The monoisotopic (exact) mass is 454 g/mol. The Morgan fingerprint density at radius 2 is 2.12 bits per heavy atom. The molecule has 1 saturated heterocycles. The summed E-state index contributed by atoms with van der Waals surface area (Å²) in [5.74, 6) is -2.34. The normalized spacial score (nSPS) is 21.8. The molecule has 3 aromatic rings. The van der Waals surface area contributed by atoms with E-state index in [2.05, 4.69) is 20.9 Å². The highest BCUT2D eigenvalue weighted by Gasteiger charge is 2.58. The van der Waals surface area contributed by atoms with Crippen molar-refractivity contribution in [2.75, 3.05) is 13.7 Å². The average molecular weight is 455 g/mol. The summed E-state index contributed by atoms with van der Waals surface area (Å²) in [6.45, 7) is 3.36. The first-order valence-electron chi connectivity index (χ1n) is 11.2. The number of aryl methyl sites for hydroxylation is 1. The van der Waals surface area contributed by atoms with Crippen LogP contribution >= 0.6 is 0 Å². The molecule has 3 heterocycles. The van der Waals surface area contributed by atoms with Crippen LogP contribution in [-0.4, -0.2) is 40.4 Å². The molecule has 1 unspecified atom stereocenters.